The molecule has 0 aromatic heterocycles. The summed E-state index contributed by atoms with van der Waals surface area (Å²) in [6.07, 6.45) is 8.58. The summed E-state index contributed by atoms with van der Waals surface area (Å²) in [4.78, 5) is 11.7. The van der Waals surface area contributed by atoms with Gasteiger partial charge in [-0.2, -0.15) is 0 Å². The fourth-order valence-electron chi connectivity index (χ4n) is 2.92. The zero-order valence-electron chi connectivity index (χ0n) is 14.3. The first-order valence-electron chi connectivity index (χ1n) is 8.62. The Kier molecular flexibility index (Phi) is 8.09. The molecule has 2 atom stereocenters. The van der Waals surface area contributed by atoms with E-state index in [1.165, 1.54) is 44.9 Å². The summed E-state index contributed by atoms with van der Waals surface area (Å²) in [7, 11) is 0. The van der Waals surface area contributed by atoms with Crippen molar-refractivity contribution in [2.75, 3.05) is 13.1 Å². The van der Waals surface area contributed by atoms with Crippen molar-refractivity contribution in [3.05, 3.63) is 0 Å². The Morgan fingerprint density at radius 2 is 1.95 bits per heavy atom. The molecular formula is C17H34N2O2. The minimum Gasteiger partial charge on any atom is -0.444 e. The van der Waals surface area contributed by atoms with Crippen molar-refractivity contribution >= 4 is 6.09 Å². The minimum absolute atomic E-state index is 0.295. The van der Waals surface area contributed by atoms with Crippen LogP contribution in [0.5, 0.6) is 0 Å². The Balaban J connectivity index is 2.19. The molecule has 4 nitrogen and oxygen atoms in total. The molecule has 1 aliphatic carbocycles. The second kappa shape index (κ2) is 9.29. The summed E-state index contributed by atoms with van der Waals surface area (Å²) < 4.78 is 5.29. The summed E-state index contributed by atoms with van der Waals surface area (Å²) >= 11 is 0. The predicted octanol–water partition coefficient (Wildman–Crippen LogP) is 3.85. The number of ether oxygens (including phenoxy) is 1. The molecule has 2 unspecified atom stereocenters. The zero-order chi connectivity index (χ0) is 15.7. The Morgan fingerprint density at radius 3 is 2.62 bits per heavy atom. The lowest BCUT2D eigenvalue weighted by atomic mass is 10.0. The van der Waals surface area contributed by atoms with Gasteiger partial charge in [0.1, 0.15) is 5.60 Å². The molecule has 0 bridgehead atoms. The lowest BCUT2D eigenvalue weighted by Crippen LogP contribution is -2.41. The highest BCUT2D eigenvalue weighted by atomic mass is 16.6. The molecule has 0 saturated heterocycles. The van der Waals surface area contributed by atoms with Crippen molar-refractivity contribution in [2.45, 2.75) is 84.3 Å². The van der Waals surface area contributed by atoms with Crippen molar-refractivity contribution in [3.8, 4) is 0 Å². The van der Waals surface area contributed by atoms with Crippen LogP contribution in [-0.2, 0) is 4.74 Å². The summed E-state index contributed by atoms with van der Waals surface area (Å²) in [5, 5.41) is 6.59. The van der Waals surface area contributed by atoms with Gasteiger partial charge in [0.2, 0.25) is 0 Å². The first-order valence-corrected chi connectivity index (χ1v) is 8.62. The van der Waals surface area contributed by atoms with E-state index in [1.54, 1.807) is 0 Å². The first-order chi connectivity index (χ1) is 9.92. The molecule has 21 heavy (non-hydrogen) atoms. The third kappa shape index (κ3) is 8.30. The number of carbonyl (C=O) groups excluding carboxylic acids is 1. The maximum Gasteiger partial charge on any atom is 0.407 e. The zero-order valence-corrected chi connectivity index (χ0v) is 14.3. The van der Waals surface area contributed by atoms with Gasteiger partial charge in [0.15, 0.2) is 0 Å². The normalized spacial score (nSPS) is 22.3. The van der Waals surface area contributed by atoms with E-state index in [0.717, 1.165) is 13.1 Å². The lowest BCUT2D eigenvalue weighted by molar-refractivity contribution is 0.0517. The minimum atomic E-state index is -0.420. The predicted molar refractivity (Wildman–Crippen MR) is 87.5 cm³/mol. The van der Waals surface area contributed by atoms with Gasteiger partial charge in [-0.3, -0.25) is 0 Å². The molecule has 124 valence electrons. The smallest absolute Gasteiger partial charge is 0.407 e. The molecule has 0 spiro atoms. The Bertz CT molecular complexity index is 300. The molecule has 1 amide bonds. The van der Waals surface area contributed by atoms with E-state index in [1.807, 2.05) is 20.8 Å². The van der Waals surface area contributed by atoms with Crippen molar-refractivity contribution in [3.63, 3.8) is 0 Å². The first kappa shape index (κ1) is 18.3. The molecule has 1 fully saturated rings. The van der Waals surface area contributed by atoms with Crippen LogP contribution in [0.15, 0.2) is 0 Å². The average molecular weight is 298 g/mol. The van der Waals surface area contributed by atoms with E-state index in [-0.39, 0.29) is 6.09 Å². The van der Waals surface area contributed by atoms with Gasteiger partial charge in [0.05, 0.1) is 0 Å². The lowest BCUT2D eigenvalue weighted by Gasteiger charge is -2.23. The molecule has 4 heteroatoms. The average Bonchev–Trinajstić information content (AvgIpc) is 2.81. The number of hydrogen-bond acceptors (Lipinski definition) is 3. The van der Waals surface area contributed by atoms with E-state index >= 15 is 0 Å². The topological polar surface area (TPSA) is 50.4 Å². The van der Waals surface area contributed by atoms with Crippen molar-refractivity contribution < 1.29 is 9.53 Å². The molecule has 1 saturated carbocycles. The molecule has 0 aromatic carbocycles. The largest absolute Gasteiger partial charge is 0.444 e. The highest BCUT2D eigenvalue weighted by Gasteiger charge is 2.27. The number of hydrogen-bond donors (Lipinski definition) is 2. The molecule has 1 rings (SSSR count). The van der Waals surface area contributed by atoms with Crippen LogP contribution in [0.25, 0.3) is 0 Å². The molecule has 0 aliphatic heterocycles. The van der Waals surface area contributed by atoms with E-state index in [0.29, 0.717) is 12.0 Å². The summed E-state index contributed by atoms with van der Waals surface area (Å²) in [6, 6.07) is 0.557. The van der Waals surface area contributed by atoms with E-state index in [4.69, 9.17) is 4.74 Å². The SMILES string of the molecule is CCCCCCNC1CCCC1CNC(=O)OC(C)(C)C. The number of carbonyl (C=O) groups is 1. The molecule has 0 aromatic rings. The van der Waals surface area contributed by atoms with Gasteiger partial charge in [0, 0.05) is 12.6 Å². The number of alkyl carbamates (subject to hydrolysis) is 1. The van der Waals surface area contributed by atoms with Gasteiger partial charge in [-0.05, 0) is 52.5 Å². The third-order valence-corrected chi connectivity index (χ3v) is 4.00. The van der Waals surface area contributed by atoms with Crippen LogP contribution in [0, 0.1) is 5.92 Å². The van der Waals surface area contributed by atoms with Crippen molar-refractivity contribution in [1.82, 2.24) is 10.6 Å². The number of amides is 1. The highest BCUT2D eigenvalue weighted by Crippen LogP contribution is 2.25. The maximum absolute atomic E-state index is 11.7. The van der Waals surface area contributed by atoms with Crippen LogP contribution in [0.3, 0.4) is 0 Å². The Morgan fingerprint density at radius 1 is 1.19 bits per heavy atom. The second-order valence-corrected chi connectivity index (χ2v) is 7.20. The fourth-order valence-corrected chi connectivity index (χ4v) is 2.92. The maximum atomic E-state index is 11.7. The number of nitrogens with one attached hydrogen (secondary N) is 2. The van der Waals surface area contributed by atoms with Gasteiger partial charge in [-0.25, -0.2) is 4.79 Å². The van der Waals surface area contributed by atoms with Gasteiger partial charge in [0.25, 0.3) is 0 Å². The molecule has 0 radical (unpaired) electrons. The van der Waals surface area contributed by atoms with Crippen LogP contribution in [0.2, 0.25) is 0 Å². The number of unbranched alkanes of at least 4 members (excludes halogenated alkanes) is 3. The summed E-state index contributed by atoms with van der Waals surface area (Å²) in [5.41, 5.74) is -0.420. The Labute approximate surface area is 130 Å². The quantitative estimate of drug-likeness (QED) is 0.669. The van der Waals surface area contributed by atoms with Gasteiger partial charge < -0.3 is 15.4 Å². The second-order valence-electron chi connectivity index (χ2n) is 7.20. The standard InChI is InChI=1S/C17H34N2O2/c1-5-6-7-8-12-18-15-11-9-10-14(15)13-19-16(20)21-17(2,3)4/h14-15,18H,5-13H2,1-4H3,(H,19,20). The third-order valence-electron chi connectivity index (χ3n) is 4.00. The monoisotopic (exact) mass is 298 g/mol. The van der Waals surface area contributed by atoms with Crippen molar-refractivity contribution in [2.24, 2.45) is 5.92 Å². The fraction of sp³-hybridized carbons (Fsp3) is 0.941. The summed E-state index contributed by atoms with van der Waals surface area (Å²) in [6.45, 7) is 9.74. The van der Waals surface area contributed by atoms with Crippen LogP contribution in [0.1, 0.15) is 72.6 Å². The van der Waals surface area contributed by atoms with Crippen LogP contribution in [-0.4, -0.2) is 30.8 Å². The van der Waals surface area contributed by atoms with E-state index < -0.39 is 5.60 Å². The molecular weight excluding hydrogens is 264 g/mol. The Hall–Kier alpha value is -0.770. The van der Waals surface area contributed by atoms with E-state index in [2.05, 4.69) is 17.6 Å². The van der Waals surface area contributed by atoms with Crippen LogP contribution >= 0.6 is 0 Å². The van der Waals surface area contributed by atoms with Crippen molar-refractivity contribution in [1.29, 1.82) is 0 Å². The molecule has 0 heterocycles. The number of rotatable bonds is 8. The molecule has 2 N–H and O–H groups in total. The highest BCUT2D eigenvalue weighted by molar-refractivity contribution is 5.67. The van der Waals surface area contributed by atoms with Gasteiger partial charge in [-0.15, -0.1) is 0 Å². The van der Waals surface area contributed by atoms with Gasteiger partial charge >= 0.3 is 6.09 Å². The molecule has 1 aliphatic rings. The summed E-state index contributed by atoms with van der Waals surface area (Å²) in [5.74, 6) is 0.545. The van der Waals surface area contributed by atoms with E-state index in [9.17, 15) is 4.79 Å². The van der Waals surface area contributed by atoms with Crippen LogP contribution < -0.4 is 10.6 Å². The van der Waals surface area contributed by atoms with Gasteiger partial charge in [-0.1, -0.05) is 32.6 Å². The van der Waals surface area contributed by atoms with Crippen LogP contribution in [0.4, 0.5) is 4.79 Å².